The van der Waals surface area contributed by atoms with Crippen LogP contribution in [0.5, 0.6) is 0 Å². The Bertz CT molecular complexity index is 1010. The van der Waals surface area contributed by atoms with Crippen molar-refractivity contribution >= 4 is 50.4 Å². The van der Waals surface area contributed by atoms with E-state index in [1.54, 1.807) is 0 Å². The maximum absolute atomic E-state index is 13.4. The number of benzene rings is 1. The van der Waals surface area contributed by atoms with Crippen molar-refractivity contribution in [2.24, 2.45) is 0 Å². The molecule has 4 nitrogen and oxygen atoms in total. The molecule has 9 heteroatoms. The molecular weight excluding hydrogens is 496 g/mol. The van der Waals surface area contributed by atoms with Crippen molar-refractivity contribution < 1.29 is 12.8 Å². The lowest BCUT2D eigenvalue weighted by Crippen LogP contribution is -2.46. The second-order valence-corrected chi connectivity index (χ2v) is 15.3. The number of halogens is 1. The molecule has 1 fully saturated rings. The van der Waals surface area contributed by atoms with Crippen LogP contribution in [0.25, 0.3) is 0 Å². The van der Waals surface area contributed by atoms with Crippen LogP contribution < -0.4 is 4.90 Å². The molecule has 1 aromatic carbocycles. The number of piperazine rings is 1. The Morgan fingerprint density at radius 3 is 2.36 bits per heavy atom. The standard InChI is InChI=1S/C24H33FN2O2S4/c1-3-31-24(32-4-2)18-21(33(28,29)23-22(24)11-17-30-23)6-5-12-26-13-15-27(16-14-26)20-9-7-19(25)8-10-20/h7-11,17,21H,3-6,12-16,18H2,1-2H3. The zero-order valence-electron chi connectivity index (χ0n) is 19.3. The molecule has 0 amide bonds. The molecule has 1 aromatic heterocycles. The Morgan fingerprint density at radius 2 is 1.73 bits per heavy atom. The topological polar surface area (TPSA) is 40.6 Å². The van der Waals surface area contributed by atoms with Gasteiger partial charge >= 0.3 is 0 Å². The van der Waals surface area contributed by atoms with E-state index in [2.05, 4.69) is 23.6 Å². The Kier molecular flexibility index (Phi) is 8.37. The molecule has 0 N–H and O–H groups in total. The van der Waals surface area contributed by atoms with Gasteiger partial charge in [-0.25, -0.2) is 12.8 Å². The summed E-state index contributed by atoms with van der Waals surface area (Å²) in [4.78, 5) is 4.72. The van der Waals surface area contributed by atoms with E-state index >= 15 is 0 Å². The maximum Gasteiger partial charge on any atom is 0.191 e. The van der Waals surface area contributed by atoms with Crippen molar-refractivity contribution in [3.63, 3.8) is 0 Å². The van der Waals surface area contributed by atoms with Gasteiger partial charge in [0.1, 0.15) is 10.0 Å². The fourth-order valence-electron chi connectivity index (χ4n) is 4.93. The lowest BCUT2D eigenvalue weighted by atomic mass is 10.1. The third kappa shape index (κ3) is 5.42. The molecule has 182 valence electrons. The van der Waals surface area contributed by atoms with Crippen LogP contribution in [0.4, 0.5) is 10.1 Å². The molecule has 0 spiro atoms. The second kappa shape index (κ2) is 10.9. The van der Waals surface area contributed by atoms with Crippen molar-refractivity contribution in [3.05, 3.63) is 47.1 Å². The van der Waals surface area contributed by atoms with Gasteiger partial charge in [-0.3, -0.25) is 4.90 Å². The molecule has 1 saturated heterocycles. The number of nitrogens with zero attached hydrogens (tertiary/aromatic N) is 2. The number of hydrogen-bond donors (Lipinski definition) is 0. The van der Waals surface area contributed by atoms with Crippen molar-refractivity contribution in [1.82, 2.24) is 4.90 Å². The van der Waals surface area contributed by atoms with Crippen molar-refractivity contribution in [2.45, 2.75) is 46.6 Å². The Hall–Kier alpha value is -0.740. The highest BCUT2D eigenvalue weighted by molar-refractivity contribution is 8.17. The summed E-state index contributed by atoms with van der Waals surface area (Å²) in [5, 5.41) is 1.65. The summed E-state index contributed by atoms with van der Waals surface area (Å²) in [6.07, 6.45) is 2.31. The molecule has 33 heavy (non-hydrogen) atoms. The summed E-state index contributed by atoms with van der Waals surface area (Å²) in [6.45, 7) is 8.98. The fraction of sp³-hybridized carbons (Fsp3) is 0.583. The second-order valence-electron chi connectivity index (χ2n) is 8.56. The van der Waals surface area contributed by atoms with E-state index in [1.165, 1.54) is 23.5 Å². The van der Waals surface area contributed by atoms with Gasteiger partial charge in [-0.2, -0.15) is 0 Å². The third-order valence-electron chi connectivity index (χ3n) is 6.55. The fourth-order valence-corrected chi connectivity index (χ4v) is 12.3. The molecule has 1 unspecified atom stereocenters. The van der Waals surface area contributed by atoms with Crippen LogP contribution in [-0.2, 0) is 13.9 Å². The average Bonchev–Trinajstić information content (AvgIpc) is 3.31. The molecule has 0 saturated carbocycles. The van der Waals surface area contributed by atoms with Gasteiger partial charge in [0.05, 0.1) is 9.33 Å². The first kappa shape index (κ1) is 25.4. The van der Waals surface area contributed by atoms with Gasteiger partial charge in [-0.1, -0.05) is 13.8 Å². The molecule has 2 aromatic rings. The monoisotopic (exact) mass is 528 g/mol. The molecule has 4 rings (SSSR count). The minimum Gasteiger partial charge on any atom is -0.369 e. The normalized spacial score (nSPS) is 22.3. The van der Waals surface area contributed by atoms with Crippen LogP contribution in [0.1, 0.15) is 38.7 Å². The number of thioether (sulfide) groups is 2. The van der Waals surface area contributed by atoms with Gasteiger partial charge in [0.25, 0.3) is 0 Å². The van der Waals surface area contributed by atoms with Crippen molar-refractivity contribution in [3.8, 4) is 0 Å². The quantitative estimate of drug-likeness (QED) is 0.389. The molecule has 0 bridgehead atoms. The lowest BCUT2D eigenvalue weighted by molar-refractivity contribution is 0.252. The summed E-state index contributed by atoms with van der Waals surface area (Å²) < 4.78 is 40.5. The summed E-state index contributed by atoms with van der Waals surface area (Å²) >= 11 is 5.20. The van der Waals surface area contributed by atoms with E-state index in [9.17, 15) is 12.8 Å². The smallest absolute Gasteiger partial charge is 0.191 e. The first-order valence-corrected chi connectivity index (χ1v) is 16.1. The summed E-state index contributed by atoms with van der Waals surface area (Å²) in [5.41, 5.74) is 2.09. The largest absolute Gasteiger partial charge is 0.369 e. The van der Waals surface area contributed by atoms with Gasteiger partial charge in [0, 0.05) is 37.4 Å². The zero-order valence-corrected chi connectivity index (χ0v) is 22.6. The zero-order chi connectivity index (χ0) is 23.5. The van der Waals surface area contributed by atoms with E-state index in [-0.39, 0.29) is 15.1 Å². The number of anilines is 1. The van der Waals surface area contributed by atoms with E-state index in [0.29, 0.717) is 17.1 Å². The van der Waals surface area contributed by atoms with Gasteiger partial charge in [0.15, 0.2) is 9.84 Å². The van der Waals surface area contributed by atoms with E-state index < -0.39 is 9.84 Å². The van der Waals surface area contributed by atoms with Gasteiger partial charge in [-0.05, 0) is 73.0 Å². The highest BCUT2D eigenvalue weighted by atomic mass is 32.2. The van der Waals surface area contributed by atoms with E-state index in [4.69, 9.17) is 0 Å². The Labute approximate surface area is 210 Å². The summed E-state index contributed by atoms with van der Waals surface area (Å²) in [7, 11) is -3.26. The first-order valence-electron chi connectivity index (χ1n) is 11.7. The number of hydrogen-bond acceptors (Lipinski definition) is 7. The molecule has 2 aliphatic heterocycles. The highest BCUT2D eigenvalue weighted by Crippen LogP contribution is 2.57. The van der Waals surface area contributed by atoms with Gasteiger partial charge in [0.2, 0.25) is 0 Å². The van der Waals surface area contributed by atoms with Crippen molar-refractivity contribution in [2.75, 3.05) is 49.1 Å². The van der Waals surface area contributed by atoms with Crippen LogP contribution in [0, 0.1) is 5.82 Å². The van der Waals surface area contributed by atoms with Gasteiger partial charge < -0.3 is 4.90 Å². The predicted molar refractivity (Wildman–Crippen MR) is 142 cm³/mol. The highest BCUT2D eigenvalue weighted by Gasteiger charge is 2.48. The SMILES string of the molecule is CCSC1(SCC)CC(CCCN2CCN(c3ccc(F)cc3)CC2)S(=O)(=O)c2sccc21. The van der Waals surface area contributed by atoms with E-state index in [0.717, 1.165) is 61.9 Å². The number of thiophene rings is 1. The number of fused-ring (bicyclic) bond motifs is 1. The minimum atomic E-state index is -3.26. The summed E-state index contributed by atoms with van der Waals surface area (Å²) in [5.74, 6) is 1.75. The molecule has 0 radical (unpaired) electrons. The first-order chi connectivity index (χ1) is 15.9. The number of sulfone groups is 1. The molecule has 0 aliphatic carbocycles. The van der Waals surface area contributed by atoms with Crippen LogP contribution >= 0.6 is 34.9 Å². The van der Waals surface area contributed by atoms with Crippen LogP contribution in [0.3, 0.4) is 0 Å². The lowest BCUT2D eigenvalue weighted by Gasteiger charge is -2.40. The Balaban J connectivity index is 1.36. The molecule has 3 heterocycles. The summed E-state index contributed by atoms with van der Waals surface area (Å²) in [6, 6.07) is 8.75. The number of rotatable bonds is 9. The Morgan fingerprint density at radius 1 is 1.06 bits per heavy atom. The average molecular weight is 529 g/mol. The van der Waals surface area contributed by atoms with Crippen LogP contribution in [0.2, 0.25) is 0 Å². The third-order valence-corrected chi connectivity index (χ3v) is 13.3. The van der Waals surface area contributed by atoms with Crippen LogP contribution in [-0.4, -0.2) is 62.8 Å². The molecule has 1 atom stereocenters. The van der Waals surface area contributed by atoms with Crippen molar-refractivity contribution in [1.29, 1.82) is 0 Å². The van der Waals surface area contributed by atoms with Crippen LogP contribution in [0.15, 0.2) is 39.9 Å². The minimum absolute atomic E-state index is 0.143. The molecular formula is C24H33FN2O2S4. The van der Waals surface area contributed by atoms with E-state index in [1.807, 2.05) is 47.1 Å². The van der Waals surface area contributed by atoms with Gasteiger partial charge in [-0.15, -0.1) is 34.9 Å². The molecule has 2 aliphatic rings. The predicted octanol–water partition coefficient (Wildman–Crippen LogP) is 5.69. The maximum atomic E-state index is 13.4.